The lowest BCUT2D eigenvalue weighted by atomic mass is 10.2. The van der Waals surface area contributed by atoms with Crippen LogP contribution in [0.4, 0.5) is 5.69 Å². The molecule has 0 spiro atoms. The Morgan fingerprint density at radius 1 is 1.14 bits per heavy atom. The zero-order chi connectivity index (χ0) is 15.2. The number of phenolic OH excluding ortho intramolecular Hbond substituents is 1. The molecule has 7 heteroatoms. The molecule has 0 saturated heterocycles. The number of phenols is 1. The summed E-state index contributed by atoms with van der Waals surface area (Å²) in [5, 5.41) is 23.4. The van der Waals surface area contributed by atoms with Crippen molar-refractivity contribution in [1.82, 2.24) is 5.43 Å². The minimum atomic E-state index is -0.493. The van der Waals surface area contributed by atoms with Crippen LogP contribution in [0.1, 0.15) is 15.9 Å². The normalized spacial score (nSPS) is 10.5. The molecule has 2 aromatic carbocycles. The molecule has 2 rings (SSSR count). The zero-order valence-corrected chi connectivity index (χ0v) is 10.8. The van der Waals surface area contributed by atoms with Gasteiger partial charge in [-0.25, -0.2) is 5.43 Å². The number of carbonyl (C=O) groups excluding carboxylic acids is 1. The van der Waals surface area contributed by atoms with Crippen molar-refractivity contribution in [3.8, 4) is 5.75 Å². The van der Waals surface area contributed by atoms with Gasteiger partial charge in [-0.1, -0.05) is 0 Å². The van der Waals surface area contributed by atoms with E-state index in [2.05, 4.69) is 10.5 Å². The monoisotopic (exact) mass is 285 g/mol. The molecule has 0 radical (unpaired) electrons. The van der Waals surface area contributed by atoms with E-state index in [-0.39, 0.29) is 11.4 Å². The first kappa shape index (κ1) is 14.2. The second-order valence-corrected chi connectivity index (χ2v) is 4.09. The highest BCUT2D eigenvalue weighted by Gasteiger charge is 2.04. The van der Waals surface area contributed by atoms with Gasteiger partial charge in [-0.15, -0.1) is 0 Å². The van der Waals surface area contributed by atoms with Crippen molar-refractivity contribution < 1.29 is 14.8 Å². The first-order chi connectivity index (χ1) is 10.1. The van der Waals surface area contributed by atoms with Crippen LogP contribution in [0.3, 0.4) is 0 Å². The second kappa shape index (κ2) is 6.29. The summed E-state index contributed by atoms with van der Waals surface area (Å²) in [6, 6.07) is 11.5. The largest absolute Gasteiger partial charge is 0.508 e. The van der Waals surface area contributed by atoms with Crippen molar-refractivity contribution in [2.24, 2.45) is 5.10 Å². The Morgan fingerprint density at radius 2 is 1.76 bits per heavy atom. The number of aromatic hydroxyl groups is 1. The van der Waals surface area contributed by atoms with Gasteiger partial charge in [-0.3, -0.25) is 14.9 Å². The van der Waals surface area contributed by atoms with Gasteiger partial charge in [0.15, 0.2) is 0 Å². The van der Waals surface area contributed by atoms with Crippen LogP contribution >= 0.6 is 0 Å². The Morgan fingerprint density at radius 3 is 2.33 bits per heavy atom. The van der Waals surface area contributed by atoms with Crippen LogP contribution in [0.25, 0.3) is 0 Å². The van der Waals surface area contributed by atoms with Crippen LogP contribution in [0.5, 0.6) is 5.75 Å². The van der Waals surface area contributed by atoms with Crippen molar-refractivity contribution in [2.45, 2.75) is 0 Å². The van der Waals surface area contributed by atoms with Crippen LogP contribution in [0, 0.1) is 10.1 Å². The Balaban J connectivity index is 1.97. The van der Waals surface area contributed by atoms with Crippen molar-refractivity contribution in [1.29, 1.82) is 0 Å². The third-order valence-electron chi connectivity index (χ3n) is 2.61. The highest BCUT2D eigenvalue weighted by atomic mass is 16.6. The number of rotatable bonds is 4. The Bertz CT molecular complexity index is 678. The number of nitrogens with zero attached hydrogens (tertiary/aromatic N) is 2. The van der Waals surface area contributed by atoms with Crippen molar-refractivity contribution in [3.05, 3.63) is 69.8 Å². The lowest BCUT2D eigenvalue weighted by Crippen LogP contribution is -2.17. The maximum atomic E-state index is 11.7. The lowest BCUT2D eigenvalue weighted by Gasteiger charge is -1.99. The van der Waals surface area contributed by atoms with Gasteiger partial charge in [-0.2, -0.15) is 5.10 Å². The molecule has 21 heavy (non-hydrogen) atoms. The van der Waals surface area contributed by atoms with E-state index in [9.17, 15) is 14.9 Å². The molecule has 0 atom stereocenters. The molecule has 0 heterocycles. The second-order valence-electron chi connectivity index (χ2n) is 4.09. The van der Waals surface area contributed by atoms with Crippen LogP contribution in [0.2, 0.25) is 0 Å². The number of nitro groups is 1. The third kappa shape index (κ3) is 3.87. The summed E-state index contributed by atoms with van der Waals surface area (Å²) in [6.07, 6.45) is 1.38. The van der Waals surface area contributed by atoms with E-state index in [1.165, 1.54) is 54.7 Å². The maximum Gasteiger partial charge on any atom is 0.271 e. The van der Waals surface area contributed by atoms with Crippen LogP contribution < -0.4 is 5.43 Å². The van der Waals surface area contributed by atoms with E-state index < -0.39 is 10.8 Å². The van der Waals surface area contributed by atoms with Gasteiger partial charge in [-0.05, 0) is 42.0 Å². The molecule has 7 nitrogen and oxygen atoms in total. The first-order valence-corrected chi connectivity index (χ1v) is 5.93. The van der Waals surface area contributed by atoms with Gasteiger partial charge in [0, 0.05) is 17.7 Å². The molecule has 0 aliphatic carbocycles. The summed E-state index contributed by atoms with van der Waals surface area (Å²) in [4.78, 5) is 21.7. The molecule has 1 amide bonds. The zero-order valence-electron chi connectivity index (χ0n) is 10.8. The fourth-order valence-electron chi connectivity index (χ4n) is 1.52. The van der Waals surface area contributed by atoms with E-state index in [1.54, 1.807) is 0 Å². The Kier molecular flexibility index (Phi) is 4.25. The van der Waals surface area contributed by atoms with Crippen molar-refractivity contribution in [2.75, 3.05) is 0 Å². The molecule has 106 valence electrons. The van der Waals surface area contributed by atoms with Crippen molar-refractivity contribution in [3.63, 3.8) is 0 Å². The number of nitro benzene ring substituents is 1. The molecule has 0 fully saturated rings. The van der Waals surface area contributed by atoms with Crippen LogP contribution in [-0.4, -0.2) is 22.2 Å². The van der Waals surface area contributed by atoms with Gasteiger partial charge < -0.3 is 5.11 Å². The molecular formula is C14H11N3O4. The standard InChI is InChI=1S/C14H11N3O4/c18-13-7-3-11(4-8-13)14(19)16-15-9-10-1-5-12(6-2-10)17(20)21/h1-9,18H,(H,16,19)/b15-9+. The summed E-state index contributed by atoms with van der Waals surface area (Å²) in [7, 11) is 0. The smallest absolute Gasteiger partial charge is 0.271 e. The van der Waals surface area contributed by atoms with Gasteiger partial charge in [0.2, 0.25) is 0 Å². The fraction of sp³-hybridized carbons (Fsp3) is 0. The van der Waals surface area contributed by atoms with Crippen molar-refractivity contribution >= 4 is 17.8 Å². The van der Waals surface area contributed by atoms with E-state index in [0.717, 1.165) is 0 Å². The van der Waals surface area contributed by atoms with Gasteiger partial charge in [0.25, 0.3) is 11.6 Å². The predicted molar refractivity (Wildman–Crippen MR) is 76.3 cm³/mol. The fourth-order valence-corrected chi connectivity index (χ4v) is 1.52. The highest BCUT2D eigenvalue weighted by molar-refractivity contribution is 5.94. The average molecular weight is 285 g/mol. The minimum absolute atomic E-state index is 0.0136. The first-order valence-electron chi connectivity index (χ1n) is 5.93. The molecule has 0 aromatic heterocycles. The Labute approximate surface area is 119 Å². The molecule has 0 aliphatic heterocycles. The van der Waals surface area contributed by atoms with E-state index in [1.807, 2.05) is 0 Å². The molecule has 0 bridgehead atoms. The van der Waals surface area contributed by atoms with E-state index in [0.29, 0.717) is 11.1 Å². The molecule has 0 unspecified atom stereocenters. The van der Waals surface area contributed by atoms with Gasteiger partial charge in [0.1, 0.15) is 5.75 Å². The van der Waals surface area contributed by atoms with Crippen LogP contribution in [-0.2, 0) is 0 Å². The highest BCUT2D eigenvalue weighted by Crippen LogP contribution is 2.11. The van der Waals surface area contributed by atoms with Gasteiger partial charge >= 0.3 is 0 Å². The number of nitrogens with one attached hydrogen (secondary N) is 1. The number of hydrogen-bond donors (Lipinski definition) is 2. The average Bonchev–Trinajstić information content (AvgIpc) is 2.48. The summed E-state index contributed by atoms with van der Waals surface area (Å²) in [5.41, 5.74) is 3.28. The Hall–Kier alpha value is -3.22. The minimum Gasteiger partial charge on any atom is -0.508 e. The maximum absolute atomic E-state index is 11.7. The van der Waals surface area contributed by atoms with Gasteiger partial charge in [0.05, 0.1) is 11.1 Å². The molecule has 2 aromatic rings. The molecule has 2 N–H and O–H groups in total. The summed E-state index contributed by atoms with van der Waals surface area (Å²) in [5.74, 6) is -0.353. The number of hydrazone groups is 1. The number of benzene rings is 2. The third-order valence-corrected chi connectivity index (χ3v) is 2.61. The van der Waals surface area contributed by atoms with Crippen LogP contribution in [0.15, 0.2) is 53.6 Å². The number of hydrogen-bond acceptors (Lipinski definition) is 5. The summed E-state index contributed by atoms with van der Waals surface area (Å²) >= 11 is 0. The van der Waals surface area contributed by atoms with E-state index in [4.69, 9.17) is 5.11 Å². The molecular weight excluding hydrogens is 274 g/mol. The predicted octanol–water partition coefficient (Wildman–Crippen LogP) is 2.06. The summed E-state index contributed by atoms with van der Waals surface area (Å²) < 4.78 is 0. The summed E-state index contributed by atoms with van der Waals surface area (Å²) in [6.45, 7) is 0. The van der Waals surface area contributed by atoms with E-state index >= 15 is 0 Å². The topological polar surface area (TPSA) is 105 Å². The molecule has 0 saturated carbocycles. The number of non-ortho nitro benzene ring substituents is 1. The SMILES string of the molecule is O=C(N/N=C/c1ccc([N+](=O)[O-])cc1)c1ccc(O)cc1. The number of amides is 1. The number of carbonyl (C=O) groups is 1. The quantitative estimate of drug-likeness (QED) is 0.509. The lowest BCUT2D eigenvalue weighted by molar-refractivity contribution is -0.384. The molecule has 0 aliphatic rings.